The Bertz CT molecular complexity index is 1470. The average molecular weight is 601 g/mol. The normalized spacial score (nSPS) is 12.7. The van der Waals surface area contributed by atoms with Crippen molar-refractivity contribution in [3.05, 3.63) is 105 Å². The molecule has 0 saturated carbocycles. The fourth-order valence-corrected chi connectivity index (χ4v) is 5.12. The molecule has 0 heterocycles. The first-order valence-corrected chi connectivity index (χ1v) is 15.2. The summed E-state index contributed by atoms with van der Waals surface area (Å²) < 4.78 is 26.5. The van der Waals surface area contributed by atoms with Gasteiger partial charge in [-0.3, -0.25) is 24.0 Å². The first-order valence-electron chi connectivity index (χ1n) is 13.0. The fraction of sp³-hybridized carbons (Fsp3) is 0.310. The number of nitrogens with zero attached hydrogens (tertiary/aromatic N) is 3. The highest BCUT2D eigenvalue weighted by atomic mass is 35.5. The summed E-state index contributed by atoms with van der Waals surface area (Å²) in [6.45, 7) is 3.11. The molecule has 218 valence electrons. The molecule has 0 saturated heterocycles. The van der Waals surface area contributed by atoms with Gasteiger partial charge in [-0.25, -0.2) is 8.42 Å². The maximum absolute atomic E-state index is 14.0. The maximum Gasteiger partial charge on any atom is 0.271 e. The fourth-order valence-electron chi connectivity index (χ4n) is 4.16. The number of nitrogens with one attached hydrogen (secondary N) is 1. The van der Waals surface area contributed by atoms with Gasteiger partial charge in [-0.15, -0.1) is 0 Å². The SMILES string of the molecule is CC[C@@H](C)NC(=O)[C@H](Cc1ccccc1)N(Cc1ccc(Cl)cc1)C(=O)CN(c1cccc([N+](=O)[O-])c1)S(C)(=O)=O. The number of rotatable bonds is 13. The van der Waals surface area contributed by atoms with Crippen molar-refractivity contribution in [3.63, 3.8) is 0 Å². The topological polar surface area (TPSA) is 130 Å². The van der Waals surface area contributed by atoms with Crippen LogP contribution >= 0.6 is 11.6 Å². The number of non-ortho nitro benzene ring substituents is 1. The van der Waals surface area contributed by atoms with E-state index in [9.17, 15) is 28.1 Å². The van der Waals surface area contributed by atoms with Crippen LogP contribution in [0.3, 0.4) is 0 Å². The Hall–Kier alpha value is -3.96. The van der Waals surface area contributed by atoms with E-state index in [1.165, 1.54) is 23.1 Å². The summed E-state index contributed by atoms with van der Waals surface area (Å²) in [5.74, 6) is -1.04. The maximum atomic E-state index is 14.0. The van der Waals surface area contributed by atoms with Crippen LogP contribution in [0.25, 0.3) is 0 Å². The highest BCUT2D eigenvalue weighted by molar-refractivity contribution is 7.92. The van der Waals surface area contributed by atoms with E-state index in [1.54, 1.807) is 24.3 Å². The standard InChI is InChI=1S/C29H33ClN4O6S/c1-4-21(2)31-29(36)27(17-22-9-6-5-7-10-22)32(19-23-13-15-24(30)16-14-23)28(35)20-33(41(3,39)40)25-11-8-12-26(18-25)34(37)38/h5-16,18,21,27H,4,17,19-20H2,1-3H3,(H,31,36)/t21-,27+/m1/s1. The van der Waals surface area contributed by atoms with Gasteiger partial charge >= 0.3 is 0 Å². The third-order valence-corrected chi connectivity index (χ3v) is 7.94. The number of hydrogen-bond acceptors (Lipinski definition) is 6. The molecule has 3 aromatic carbocycles. The molecule has 0 radical (unpaired) electrons. The van der Waals surface area contributed by atoms with Crippen molar-refractivity contribution in [2.24, 2.45) is 0 Å². The van der Waals surface area contributed by atoms with Crippen LogP contribution in [0.5, 0.6) is 0 Å². The minimum atomic E-state index is -4.05. The van der Waals surface area contributed by atoms with Crippen molar-refractivity contribution in [2.75, 3.05) is 17.1 Å². The minimum Gasteiger partial charge on any atom is -0.352 e. The summed E-state index contributed by atoms with van der Waals surface area (Å²) in [6.07, 6.45) is 1.77. The molecule has 0 aliphatic rings. The number of amides is 2. The lowest BCUT2D eigenvalue weighted by atomic mass is 10.0. The van der Waals surface area contributed by atoms with Crippen molar-refractivity contribution in [3.8, 4) is 0 Å². The van der Waals surface area contributed by atoms with Crippen LogP contribution in [0.4, 0.5) is 11.4 Å². The van der Waals surface area contributed by atoms with Crippen LogP contribution in [0.1, 0.15) is 31.4 Å². The lowest BCUT2D eigenvalue weighted by molar-refractivity contribution is -0.384. The minimum absolute atomic E-state index is 0.00598. The van der Waals surface area contributed by atoms with Crippen molar-refractivity contribution in [1.29, 1.82) is 0 Å². The number of halogens is 1. The first kappa shape index (κ1) is 31.6. The highest BCUT2D eigenvalue weighted by Gasteiger charge is 2.33. The Labute approximate surface area is 245 Å². The largest absolute Gasteiger partial charge is 0.352 e. The Balaban J connectivity index is 2.07. The van der Waals surface area contributed by atoms with E-state index in [4.69, 9.17) is 11.6 Å². The summed E-state index contributed by atoms with van der Waals surface area (Å²) in [6, 6.07) is 19.9. The van der Waals surface area contributed by atoms with E-state index in [2.05, 4.69) is 5.32 Å². The van der Waals surface area contributed by atoms with Gasteiger partial charge in [-0.05, 0) is 42.7 Å². The quantitative estimate of drug-likeness (QED) is 0.226. The Morgan fingerprint density at radius 2 is 1.66 bits per heavy atom. The zero-order chi connectivity index (χ0) is 30.2. The number of carbonyl (C=O) groups is 2. The Morgan fingerprint density at radius 3 is 2.24 bits per heavy atom. The second-order valence-corrected chi connectivity index (χ2v) is 12.1. The average Bonchev–Trinajstić information content (AvgIpc) is 2.94. The van der Waals surface area contributed by atoms with Gasteiger partial charge in [0.15, 0.2) is 0 Å². The molecule has 41 heavy (non-hydrogen) atoms. The van der Waals surface area contributed by atoms with Crippen molar-refractivity contribution in [1.82, 2.24) is 10.2 Å². The molecule has 0 fully saturated rings. The predicted octanol–water partition coefficient (Wildman–Crippen LogP) is 4.57. The summed E-state index contributed by atoms with van der Waals surface area (Å²) in [7, 11) is -4.05. The smallest absolute Gasteiger partial charge is 0.271 e. The van der Waals surface area contributed by atoms with Crippen LogP contribution < -0.4 is 9.62 Å². The Kier molecular flexibility index (Phi) is 10.8. The van der Waals surface area contributed by atoms with Crippen LogP contribution in [-0.4, -0.2) is 54.9 Å². The summed E-state index contributed by atoms with van der Waals surface area (Å²) in [5.41, 5.74) is 1.13. The van der Waals surface area contributed by atoms with Gasteiger partial charge in [-0.2, -0.15) is 0 Å². The monoisotopic (exact) mass is 600 g/mol. The number of nitro groups is 1. The molecule has 2 amide bonds. The molecule has 0 aliphatic carbocycles. The number of carbonyl (C=O) groups excluding carboxylic acids is 2. The first-order chi connectivity index (χ1) is 19.4. The Morgan fingerprint density at radius 1 is 1.00 bits per heavy atom. The van der Waals surface area contributed by atoms with E-state index in [0.29, 0.717) is 17.0 Å². The van der Waals surface area contributed by atoms with E-state index in [-0.39, 0.29) is 36.3 Å². The summed E-state index contributed by atoms with van der Waals surface area (Å²) in [5, 5.41) is 14.8. The van der Waals surface area contributed by atoms with Crippen molar-refractivity contribution >= 4 is 44.8 Å². The molecule has 3 rings (SSSR count). The van der Waals surface area contributed by atoms with Crippen molar-refractivity contribution in [2.45, 2.75) is 45.3 Å². The molecule has 10 nitrogen and oxygen atoms in total. The molecule has 0 aromatic heterocycles. The molecular weight excluding hydrogens is 568 g/mol. The number of anilines is 1. The number of nitro benzene ring substituents is 1. The van der Waals surface area contributed by atoms with Gasteiger partial charge in [0, 0.05) is 36.2 Å². The van der Waals surface area contributed by atoms with Crippen LogP contribution in [0, 0.1) is 10.1 Å². The van der Waals surface area contributed by atoms with E-state index >= 15 is 0 Å². The summed E-state index contributed by atoms with van der Waals surface area (Å²) >= 11 is 6.06. The third kappa shape index (κ3) is 9.02. The van der Waals surface area contributed by atoms with Gasteiger partial charge < -0.3 is 10.2 Å². The van der Waals surface area contributed by atoms with E-state index < -0.39 is 33.4 Å². The highest BCUT2D eigenvalue weighted by Crippen LogP contribution is 2.24. The van der Waals surface area contributed by atoms with E-state index in [1.807, 2.05) is 44.2 Å². The molecule has 0 bridgehead atoms. The zero-order valence-corrected chi connectivity index (χ0v) is 24.6. The number of benzene rings is 3. The lowest BCUT2D eigenvalue weighted by Gasteiger charge is -2.34. The van der Waals surface area contributed by atoms with Gasteiger partial charge in [0.1, 0.15) is 12.6 Å². The second kappa shape index (κ2) is 14.1. The van der Waals surface area contributed by atoms with Crippen LogP contribution in [-0.2, 0) is 32.6 Å². The van der Waals surface area contributed by atoms with Crippen LogP contribution in [0.2, 0.25) is 5.02 Å². The second-order valence-electron chi connectivity index (χ2n) is 9.72. The van der Waals surface area contributed by atoms with Crippen LogP contribution in [0.15, 0.2) is 78.9 Å². The van der Waals surface area contributed by atoms with Gasteiger partial charge in [-0.1, -0.05) is 67.1 Å². The molecular formula is C29H33ClN4O6S. The molecule has 3 aromatic rings. The van der Waals surface area contributed by atoms with E-state index in [0.717, 1.165) is 22.2 Å². The molecule has 12 heteroatoms. The summed E-state index contributed by atoms with van der Waals surface area (Å²) in [4.78, 5) is 39.7. The van der Waals surface area contributed by atoms with Gasteiger partial charge in [0.2, 0.25) is 21.8 Å². The molecule has 1 N–H and O–H groups in total. The molecule has 2 atom stereocenters. The lowest BCUT2D eigenvalue weighted by Crippen LogP contribution is -2.54. The van der Waals surface area contributed by atoms with Gasteiger partial charge in [0.05, 0.1) is 16.9 Å². The number of hydrogen-bond donors (Lipinski definition) is 1. The predicted molar refractivity (Wildman–Crippen MR) is 159 cm³/mol. The molecule has 0 unspecified atom stereocenters. The van der Waals surface area contributed by atoms with Gasteiger partial charge in [0.25, 0.3) is 5.69 Å². The van der Waals surface area contributed by atoms with Crippen molar-refractivity contribution < 1.29 is 22.9 Å². The number of sulfonamides is 1. The third-order valence-electron chi connectivity index (χ3n) is 6.55. The molecule has 0 spiro atoms. The zero-order valence-electron chi connectivity index (χ0n) is 23.1. The molecule has 0 aliphatic heterocycles.